The second-order valence-electron chi connectivity index (χ2n) is 6.75. The minimum Gasteiger partial charge on any atom is -0.399 e. The lowest BCUT2D eigenvalue weighted by Gasteiger charge is -2.32. The molecule has 0 spiro atoms. The van der Waals surface area contributed by atoms with E-state index in [1.807, 2.05) is 13.1 Å². The van der Waals surface area contributed by atoms with Gasteiger partial charge < -0.3 is 13.9 Å². The van der Waals surface area contributed by atoms with Crippen molar-refractivity contribution in [3.05, 3.63) is 42.7 Å². The van der Waals surface area contributed by atoms with Crippen molar-refractivity contribution >= 4 is 12.6 Å². The van der Waals surface area contributed by atoms with Crippen molar-refractivity contribution in [2.24, 2.45) is 7.05 Å². The molecule has 1 aromatic heterocycles. The van der Waals surface area contributed by atoms with E-state index in [0.717, 1.165) is 11.0 Å². The van der Waals surface area contributed by atoms with Gasteiger partial charge >= 0.3 is 7.12 Å². The van der Waals surface area contributed by atoms with Crippen molar-refractivity contribution < 1.29 is 9.31 Å². The van der Waals surface area contributed by atoms with Crippen LogP contribution < -0.4 is 5.46 Å². The minimum absolute atomic E-state index is 0.318. The van der Waals surface area contributed by atoms with Crippen LogP contribution in [0.4, 0.5) is 0 Å². The molecule has 0 saturated carbocycles. The number of hydrogen-bond acceptors (Lipinski definition) is 2. The number of nitrogens with zero attached hydrogens (tertiary/aromatic N) is 1. The van der Waals surface area contributed by atoms with E-state index in [1.54, 1.807) is 0 Å². The van der Waals surface area contributed by atoms with Gasteiger partial charge in [0.05, 0.1) is 11.2 Å². The second kappa shape index (κ2) is 4.75. The van der Waals surface area contributed by atoms with E-state index in [0.29, 0.717) is 0 Å². The Bertz CT molecular complexity index is 630. The molecule has 1 aromatic carbocycles. The number of hydrogen-bond donors (Lipinski definition) is 0. The SMILES string of the molecule is Cn1cc(B2OC(C)(C)C(C)(C)O2)c(-c2ccccc2)c1. The first-order valence-corrected chi connectivity index (χ1v) is 7.37. The van der Waals surface area contributed by atoms with Gasteiger partial charge in [0, 0.05) is 24.9 Å². The predicted octanol–water partition coefficient (Wildman–Crippen LogP) is 2.99. The molecule has 0 radical (unpaired) electrons. The van der Waals surface area contributed by atoms with Crippen molar-refractivity contribution in [1.82, 2.24) is 4.57 Å². The molecule has 3 nitrogen and oxygen atoms in total. The highest BCUT2D eigenvalue weighted by Gasteiger charge is 2.52. The summed E-state index contributed by atoms with van der Waals surface area (Å²) >= 11 is 0. The first-order valence-electron chi connectivity index (χ1n) is 7.37. The molecule has 0 N–H and O–H groups in total. The Labute approximate surface area is 127 Å². The van der Waals surface area contributed by atoms with E-state index >= 15 is 0 Å². The molecule has 2 heterocycles. The highest BCUT2D eigenvalue weighted by Crippen LogP contribution is 2.37. The number of benzene rings is 1. The summed E-state index contributed by atoms with van der Waals surface area (Å²) in [6.07, 6.45) is 4.21. The number of rotatable bonds is 2. The fourth-order valence-corrected chi connectivity index (χ4v) is 2.62. The van der Waals surface area contributed by atoms with E-state index in [2.05, 4.69) is 68.9 Å². The Morgan fingerprint density at radius 2 is 1.48 bits per heavy atom. The zero-order chi connectivity index (χ0) is 15.3. The van der Waals surface area contributed by atoms with Gasteiger partial charge in [0.15, 0.2) is 0 Å². The van der Waals surface area contributed by atoms with Crippen molar-refractivity contribution in [3.8, 4) is 11.1 Å². The smallest absolute Gasteiger partial charge is 0.399 e. The molecule has 0 bridgehead atoms. The zero-order valence-electron chi connectivity index (χ0n) is 13.4. The third-order valence-electron chi connectivity index (χ3n) is 4.58. The first kappa shape index (κ1) is 14.4. The predicted molar refractivity (Wildman–Crippen MR) is 86.6 cm³/mol. The second-order valence-corrected chi connectivity index (χ2v) is 6.75. The molecule has 1 fully saturated rings. The summed E-state index contributed by atoms with van der Waals surface area (Å²) in [4.78, 5) is 0. The van der Waals surface area contributed by atoms with Crippen LogP contribution in [0.2, 0.25) is 0 Å². The summed E-state index contributed by atoms with van der Waals surface area (Å²) < 4.78 is 14.4. The minimum atomic E-state index is -0.327. The standard InChI is InChI=1S/C17H22BNO2/c1-16(2)17(3,4)21-18(20-16)15-12-19(5)11-14(15)13-9-7-6-8-10-13/h6-12H,1-5H3. The lowest BCUT2D eigenvalue weighted by molar-refractivity contribution is 0.00578. The maximum atomic E-state index is 6.19. The fraction of sp³-hybridized carbons (Fsp3) is 0.412. The van der Waals surface area contributed by atoms with Crippen molar-refractivity contribution in [3.63, 3.8) is 0 Å². The zero-order valence-corrected chi connectivity index (χ0v) is 13.4. The van der Waals surface area contributed by atoms with Gasteiger partial charge in [-0.2, -0.15) is 0 Å². The van der Waals surface area contributed by atoms with E-state index in [9.17, 15) is 0 Å². The molecule has 2 aromatic rings. The Kier molecular flexibility index (Phi) is 3.26. The molecule has 4 heteroatoms. The van der Waals surface area contributed by atoms with Crippen LogP contribution >= 0.6 is 0 Å². The highest BCUT2D eigenvalue weighted by molar-refractivity contribution is 6.63. The topological polar surface area (TPSA) is 23.4 Å². The Morgan fingerprint density at radius 1 is 0.905 bits per heavy atom. The molecule has 0 amide bonds. The lowest BCUT2D eigenvalue weighted by Crippen LogP contribution is -2.41. The van der Waals surface area contributed by atoms with Gasteiger partial charge in [-0.1, -0.05) is 30.3 Å². The van der Waals surface area contributed by atoms with Crippen LogP contribution in [-0.4, -0.2) is 22.9 Å². The summed E-state index contributed by atoms with van der Waals surface area (Å²) in [5.74, 6) is 0. The van der Waals surface area contributed by atoms with Gasteiger partial charge in [-0.3, -0.25) is 0 Å². The summed E-state index contributed by atoms with van der Waals surface area (Å²) in [6.45, 7) is 8.33. The van der Waals surface area contributed by atoms with Crippen molar-refractivity contribution in [2.45, 2.75) is 38.9 Å². The average Bonchev–Trinajstić information content (AvgIpc) is 2.89. The van der Waals surface area contributed by atoms with Crippen molar-refractivity contribution in [1.29, 1.82) is 0 Å². The molecule has 1 aliphatic rings. The van der Waals surface area contributed by atoms with Crippen molar-refractivity contribution in [2.75, 3.05) is 0 Å². The maximum absolute atomic E-state index is 6.19. The van der Waals surface area contributed by atoms with Gasteiger partial charge in [-0.25, -0.2) is 0 Å². The summed E-state index contributed by atoms with van der Waals surface area (Å²) in [7, 11) is 1.70. The Hall–Kier alpha value is -1.52. The van der Waals surface area contributed by atoms with E-state index in [1.165, 1.54) is 5.56 Å². The Balaban J connectivity index is 2.02. The third-order valence-corrected chi connectivity index (χ3v) is 4.58. The summed E-state index contributed by atoms with van der Waals surface area (Å²) in [5, 5.41) is 0. The van der Waals surface area contributed by atoms with Crippen LogP contribution in [0.3, 0.4) is 0 Å². The van der Waals surface area contributed by atoms with Crippen LogP contribution in [0.25, 0.3) is 11.1 Å². The van der Waals surface area contributed by atoms with Crippen LogP contribution in [0.15, 0.2) is 42.7 Å². The molecule has 1 aliphatic heterocycles. The van der Waals surface area contributed by atoms with E-state index in [-0.39, 0.29) is 18.3 Å². The molecule has 3 rings (SSSR count). The lowest BCUT2D eigenvalue weighted by atomic mass is 9.77. The molecular formula is C17H22BNO2. The largest absolute Gasteiger partial charge is 0.497 e. The monoisotopic (exact) mass is 283 g/mol. The third kappa shape index (κ3) is 2.43. The molecule has 0 unspecified atom stereocenters. The van der Waals surface area contributed by atoms with Crippen LogP contribution in [-0.2, 0) is 16.4 Å². The van der Waals surface area contributed by atoms with E-state index < -0.39 is 0 Å². The van der Waals surface area contributed by atoms with Gasteiger partial charge in [0.2, 0.25) is 0 Å². The molecule has 110 valence electrons. The first-order chi connectivity index (χ1) is 9.80. The van der Waals surface area contributed by atoms with Crippen LogP contribution in [0.1, 0.15) is 27.7 Å². The van der Waals surface area contributed by atoms with Crippen LogP contribution in [0, 0.1) is 0 Å². The highest BCUT2D eigenvalue weighted by atomic mass is 16.7. The molecule has 0 aliphatic carbocycles. The average molecular weight is 283 g/mol. The summed E-state index contributed by atoms with van der Waals surface area (Å²) in [6, 6.07) is 10.4. The molecule has 1 saturated heterocycles. The number of aryl methyl sites for hydroxylation is 1. The number of aromatic nitrogens is 1. The normalized spacial score (nSPS) is 20.0. The Morgan fingerprint density at radius 3 is 2.05 bits per heavy atom. The molecule has 21 heavy (non-hydrogen) atoms. The van der Waals surface area contributed by atoms with Crippen LogP contribution in [0.5, 0.6) is 0 Å². The molecular weight excluding hydrogens is 261 g/mol. The van der Waals surface area contributed by atoms with E-state index in [4.69, 9.17) is 9.31 Å². The summed E-state index contributed by atoms with van der Waals surface area (Å²) in [5.41, 5.74) is 2.80. The molecule has 0 atom stereocenters. The van der Waals surface area contributed by atoms with Gasteiger partial charge in [-0.05, 0) is 38.8 Å². The van der Waals surface area contributed by atoms with Gasteiger partial charge in [0.25, 0.3) is 0 Å². The van der Waals surface area contributed by atoms with Gasteiger partial charge in [0.1, 0.15) is 0 Å². The van der Waals surface area contributed by atoms with Gasteiger partial charge in [-0.15, -0.1) is 0 Å². The maximum Gasteiger partial charge on any atom is 0.497 e. The fourth-order valence-electron chi connectivity index (χ4n) is 2.62. The quantitative estimate of drug-likeness (QED) is 0.791.